The Hall–Kier alpha value is -1.38. The van der Waals surface area contributed by atoms with E-state index in [1.165, 1.54) is 17.1 Å². The highest BCUT2D eigenvalue weighted by Gasteiger charge is 2.55. The van der Waals surface area contributed by atoms with Crippen molar-refractivity contribution in [2.24, 2.45) is 0 Å². The van der Waals surface area contributed by atoms with Crippen LogP contribution in [-0.2, 0) is 18.8 Å². The molecule has 2 heterocycles. The molecule has 0 spiro atoms. The van der Waals surface area contributed by atoms with E-state index in [0.29, 0.717) is 13.0 Å². The van der Waals surface area contributed by atoms with Crippen molar-refractivity contribution >= 4 is 20.3 Å². The third-order valence-electron chi connectivity index (χ3n) is 5.44. The molecule has 0 N–H and O–H groups in total. The number of nitrogens with zero attached hydrogens (tertiary/aromatic N) is 2. The van der Waals surface area contributed by atoms with Gasteiger partial charge in [0, 0.05) is 13.0 Å². The van der Waals surface area contributed by atoms with Crippen LogP contribution < -0.4 is 0 Å². The number of hydrogen-bond donors (Lipinski definition) is 0. The van der Waals surface area contributed by atoms with Crippen molar-refractivity contribution in [3.05, 3.63) is 12.7 Å². The summed E-state index contributed by atoms with van der Waals surface area (Å²) in [6, 6.07) is -1.19. The third kappa shape index (κ3) is 3.75. The lowest BCUT2D eigenvalue weighted by molar-refractivity contribution is -0.150. The van der Waals surface area contributed by atoms with E-state index in [0.717, 1.165) is 0 Å². The highest BCUT2D eigenvalue weighted by molar-refractivity contribution is 6.74. The molecule has 2 amide bonds. The summed E-state index contributed by atoms with van der Waals surface area (Å²) in [5.41, 5.74) is 0. The average molecular weight is 371 g/mol. The van der Waals surface area contributed by atoms with E-state index in [9.17, 15) is 9.59 Å². The number of hydroxylamine groups is 2. The van der Waals surface area contributed by atoms with Crippen LogP contribution in [0, 0.1) is 0 Å². The normalized spacial score (nSPS) is 26.8. The molecule has 0 aromatic carbocycles. The first-order valence-corrected chi connectivity index (χ1v) is 11.5. The summed E-state index contributed by atoms with van der Waals surface area (Å²) in [6.45, 7) is 15.1. The van der Waals surface area contributed by atoms with E-state index in [1.807, 2.05) is 0 Å². The first-order valence-electron chi connectivity index (χ1n) is 8.62. The van der Waals surface area contributed by atoms with Gasteiger partial charge in [-0.2, -0.15) is 5.06 Å². The zero-order valence-electron chi connectivity index (χ0n) is 16.1. The Labute approximate surface area is 151 Å². The molecular formula is C17H30N2O5Si. The van der Waals surface area contributed by atoms with Crippen LogP contribution in [0.2, 0.25) is 18.1 Å². The van der Waals surface area contributed by atoms with Crippen molar-refractivity contribution in [2.45, 2.75) is 63.5 Å². The maximum Gasteiger partial charge on any atom is 0.345 e. The van der Waals surface area contributed by atoms with E-state index < -0.39 is 20.3 Å². The predicted octanol–water partition coefficient (Wildman–Crippen LogP) is 2.55. The Balaban J connectivity index is 2.29. The number of amides is 2. The second-order valence-electron chi connectivity index (χ2n) is 8.10. The third-order valence-corrected chi connectivity index (χ3v) is 9.94. The highest BCUT2D eigenvalue weighted by atomic mass is 28.4. The lowest BCUT2D eigenvalue weighted by Crippen LogP contribution is -2.56. The first kappa shape index (κ1) is 19.9. The Morgan fingerprint density at radius 2 is 2.04 bits per heavy atom. The lowest BCUT2D eigenvalue weighted by atomic mass is 9.98. The van der Waals surface area contributed by atoms with Crippen LogP contribution in [0.1, 0.15) is 27.2 Å². The SMILES string of the molecule is C=CCON1C(=O)N2C[C@H]1[C@@H](O[Si](C)(C)C(C)(C)C)C[C@H]2C(=O)OC. The van der Waals surface area contributed by atoms with Crippen LogP contribution in [0.25, 0.3) is 0 Å². The van der Waals surface area contributed by atoms with Crippen molar-refractivity contribution in [3.8, 4) is 0 Å². The second-order valence-corrected chi connectivity index (χ2v) is 12.9. The Kier molecular flexibility index (Phi) is 5.65. The number of carbonyl (C=O) groups is 2. The number of piperidine rings is 1. The molecule has 2 fully saturated rings. The smallest absolute Gasteiger partial charge is 0.345 e. The zero-order chi connectivity index (χ0) is 19.0. The molecule has 0 aromatic rings. The number of urea groups is 1. The Bertz CT molecular complexity index is 546. The standard InChI is InChI=1S/C17H30N2O5Si/c1-8-9-23-19-13-11-18(16(19)21)12(15(20)22-5)10-14(13)24-25(6,7)17(2,3)4/h8,12-14H,1,9-11H2,2-7H3/t12-,13-,14-/m0/s1. The number of methoxy groups -OCH3 is 1. The van der Waals surface area contributed by atoms with Gasteiger partial charge in [0.2, 0.25) is 0 Å². The molecule has 0 saturated carbocycles. The fourth-order valence-corrected chi connectivity index (χ4v) is 4.34. The summed E-state index contributed by atoms with van der Waals surface area (Å²) in [6.07, 6.45) is 1.74. The van der Waals surface area contributed by atoms with Crippen molar-refractivity contribution < 1.29 is 23.6 Å². The van der Waals surface area contributed by atoms with Gasteiger partial charge in [-0.05, 0) is 18.1 Å². The van der Waals surface area contributed by atoms with Crippen molar-refractivity contribution in [1.29, 1.82) is 0 Å². The van der Waals surface area contributed by atoms with Gasteiger partial charge in [-0.1, -0.05) is 26.8 Å². The molecule has 0 aromatic heterocycles. The van der Waals surface area contributed by atoms with Crippen molar-refractivity contribution in [2.75, 3.05) is 20.3 Å². The van der Waals surface area contributed by atoms with Crippen molar-refractivity contribution in [1.82, 2.24) is 9.96 Å². The van der Waals surface area contributed by atoms with Gasteiger partial charge in [0.15, 0.2) is 8.32 Å². The molecule has 0 unspecified atom stereocenters. The minimum atomic E-state index is -2.07. The Morgan fingerprint density at radius 3 is 2.56 bits per heavy atom. The molecule has 0 aliphatic carbocycles. The quantitative estimate of drug-likeness (QED) is 0.408. The van der Waals surface area contributed by atoms with Crippen LogP contribution in [0.4, 0.5) is 4.79 Å². The van der Waals surface area contributed by atoms with Gasteiger partial charge >= 0.3 is 12.0 Å². The largest absolute Gasteiger partial charge is 0.467 e. The number of fused-ring (bicyclic) bond motifs is 2. The summed E-state index contributed by atoms with van der Waals surface area (Å²) in [5.74, 6) is -0.416. The van der Waals surface area contributed by atoms with Gasteiger partial charge in [0.05, 0.1) is 19.8 Å². The van der Waals surface area contributed by atoms with E-state index in [-0.39, 0.29) is 29.8 Å². The highest BCUT2D eigenvalue weighted by Crippen LogP contribution is 2.41. The minimum absolute atomic E-state index is 0.0281. The lowest BCUT2D eigenvalue weighted by Gasteiger charge is -2.43. The molecule has 142 valence electrons. The van der Waals surface area contributed by atoms with Crippen LogP contribution in [0.5, 0.6) is 0 Å². The molecular weight excluding hydrogens is 340 g/mol. The van der Waals surface area contributed by atoms with Gasteiger partial charge in [-0.3, -0.25) is 4.84 Å². The fraction of sp³-hybridized carbons (Fsp3) is 0.765. The summed E-state index contributed by atoms with van der Waals surface area (Å²) in [5, 5.41) is 1.38. The van der Waals surface area contributed by atoms with E-state index in [4.69, 9.17) is 14.0 Å². The second kappa shape index (κ2) is 7.09. The molecule has 8 heteroatoms. The maximum atomic E-state index is 12.7. The molecule has 2 aliphatic rings. The number of ether oxygens (including phenoxy) is 1. The maximum absolute atomic E-state index is 12.7. The minimum Gasteiger partial charge on any atom is -0.467 e. The molecule has 2 aliphatic heterocycles. The van der Waals surface area contributed by atoms with Gasteiger partial charge < -0.3 is 14.1 Å². The molecule has 0 radical (unpaired) electrons. The van der Waals surface area contributed by atoms with Crippen LogP contribution in [0.3, 0.4) is 0 Å². The van der Waals surface area contributed by atoms with E-state index in [1.54, 1.807) is 6.08 Å². The molecule has 2 bridgehead atoms. The molecule has 25 heavy (non-hydrogen) atoms. The number of hydrogen-bond acceptors (Lipinski definition) is 5. The number of esters is 1. The first-order chi connectivity index (χ1) is 11.5. The van der Waals surface area contributed by atoms with Gasteiger partial charge in [0.25, 0.3) is 0 Å². The molecule has 7 nitrogen and oxygen atoms in total. The van der Waals surface area contributed by atoms with Crippen LogP contribution >= 0.6 is 0 Å². The fourth-order valence-electron chi connectivity index (χ4n) is 2.98. The van der Waals surface area contributed by atoms with Crippen molar-refractivity contribution in [3.63, 3.8) is 0 Å². The summed E-state index contributed by atoms with van der Waals surface area (Å²) < 4.78 is 11.5. The van der Waals surface area contributed by atoms with E-state index >= 15 is 0 Å². The number of carbonyl (C=O) groups excluding carboxylic acids is 2. The zero-order valence-corrected chi connectivity index (χ0v) is 17.1. The predicted molar refractivity (Wildman–Crippen MR) is 96.4 cm³/mol. The average Bonchev–Trinajstić information content (AvgIpc) is 2.79. The summed E-state index contributed by atoms with van der Waals surface area (Å²) in [4.78, 5) is 32.0. The van der Waals surface area contributed by atoms with E-state index in [2.05, 4.69) is 40.4 Å². The van der Waals surface area contributed by atoms with Crippen LogP contribution in [-0.4, -0.2) is 68.7 Å². The summed E-state index contributed by atoms with van der Waals surface area (Å²) >= 11 is 0. The summed E-state index contributed by atoms with van der Waals surface area (Å²) in [7, 11) is -0.736. The Morgan fingerprint density at radius 1 is 1.40 bits per heavy atom. The van der Waals surface area contributed by atoms with Crippen LogP contribution in [0.15, 0.2) is 12.7 Å². The number of rotatable bonds is 6. The van der Waals surface area contributed by atoms with Gasteiger partial charge in [-0.15, -0.1) is 6.58 Å². The monoisotopic (exact) mass is 370 g/mol. The molecule has 2 saturated heterocycles. The van der Waals surface area contributed by atoms with Gasteiger partial charge in [-0.25, -0.2) is 9.59 Å². The van der Waals surface area contributed by atoms with Gasteiger partial charge in [0.1, 0.15) is 12.1 Å². The molecule has 2 rings (SSSR count). The molecule has 3 atom stereocenters. The topological polar surface area (TPSA) is 68.3 Å².